The number of furan rings is 1. The molecular weight excluding hydrogens is 544 g/mol. The van der Waals surface area contributed by atoms with Crippen LogP contribution in [0.5, 0.6) is 11.5 Å². The molecule has 4 N–H and O–H groups in total. The zero-order chi connectivity index (χ0) is 29.5. The van der Waals surface area contributed by atoms with Gasteiger partial charge in [0.15, 0.2) is 11.2 Å². The SMILES string of the molecule is Cc1occc(=O)c1OC1OC(CO)C(O)C(O)C1OC(C)(C)C(O)COc1c2occc2cc2ccc(=O)oc12. The predicted octanol–water partition coefficient (Wildman–Crippen LogP) is 1.22. The number of rotatable bonds is 9. The number of benzene rings is 1. The molecule has 1 aliphatic heterocycles. The molecule has 220 valence electrons. The van der Waals surface area contributed by atoms with E-state index in [0.717, 1.165) is 6.07 Å². The van der Waals surface area contributed by atoms with E-state index in [-0.39, 0.29) is 29.4 Å². The molecule has 4 aromatic rings. The van der Waals surface area contributed by atoms with Crippen molar-refractivity contribution >= 4 is 21.9 Å². The second-order valence-corrected chi connectivity index (χ2v) is 10.2. The maximum absolute atomic E-state index is 12.4. The number of aryl methyl sites for hydroxylation is 1. The van der Waals surface area contributed by atoms with E-state index in [1.807, 2.05) is 0 Å². The van der Waals surface area contributed by atoms with Crippen molar-refractivity contribution < 1.29 is 52.6 Å². The van der Waals surface area contributed by atoms with Gasteiger partial charge in [0.1, 0.15) is 42.9 Å². The molecule has 13 heteroatoms. The largest absolute Gasteiger partial charge is 0.483 e. The van der Waals surface area contributed by atoms with Gasteiger partial charge in [-0.15, -0.1) is 0 Å². The first-order valence-corrected chi connectivity index (χ1v) is 12.8. The molecule has 6 unspecified atom stereocenters. The third-order valence-corrected chi connectivity index (χ3v) is 6.98. The standard InChI is InChI=1S/C28H30O13/c1-13-22(16(30)7-9-35-13)40-27-25(21(34)20(33)17(11-29)38-27)41-28(2,3)18(31)12-37-26-23-15(6-8-36-23)10-14-4-5-19(32)39-24(14)26/h4-10,17-18,20-21,25,27,29,31,33-34H,11-12H2,1-3H3. The fourth-order valence-electron chi connectivity index (χ4n) is 4.56. The van der Waals surface area contributed by atoms with E-state index in [1.54, 1.807) is 18.2 Å². The van der Waals surface area contributed by atoms with Crippen LogP contribution in [-0.2, 0) is 9.47 Å². The molecule has 1 saturated heterocycles. The van der Waals surface area contributed by atoms with Crippen LogP contribution in [0.15, 0.2) is 65.7 Å². The van der Waals surface area contributed by atoms with Gasteiger partial charge in [0, 0.05) is 22.9 Å². The van der Waals surface area contributed by atoms with Crippen molar-refractivity contribution in [2.24, 2.45) is 0 Å². The summed E-state index contributed by atoms with van der Waals surface area (Å²) >= 11 is 0. The van der Waals surface area contributed by atoms with Crippen molar-refractivity contribution in [3.63, 3.8) is 0 Å². The van der Waals surface area contributed by atoms with Crippen molar-refractivity contribution in [1.29, 1.82) is 0 Å². The van der Waals surface area contributed by atoms with E-state index >= 15 is 0 Å². The van der Waals surface area contributed by atoms with Gasteiger partial charge < -0.3 is 52.6 Å². The number of ether oxygens (including phenoxy) is 4. The third kappa shape index (κ3) is 5.60. The Bertz CT molecular complexity index is 1630. The number of aliphatic hydroxyl groups is 4. The van der Waals surface area contributed by atoms with Crippen LogP contribution in [0.2, 0.25) is 0 Å². The Morgan fingerprint density at radius 3 is 2.44 bits per heavy atom. The molecule has 1 fully saturated rings. The van der Waals surface area contributed by atoms with Crippen molar-refractivity contribution in [1.82, 2.24) is 0 Å². The van der Waals surface area contributed by atoms with Crippen LogP contribution < -0.4 is 20.5 Å². The lowest BCUT2D eigenvalue weighted by atomic mass is 9.96. The van der Waals surface area contributed by atoms with Crippen LogP contribution in [0.25, 0.3) is 21.9 Å². The Hall–Kier alpha value is -3.72. The summed E-state index contributed by atoms with van der Waals surface area (Å²) in [6.07, 6.45) is -6.14. The maximum Gasteiger partial charge on any atom is 0.336 e. The van der Waals surface area contributed by atoms with Gasteiger partial charge in [-0.05, 0) is 39.0 Å². The van der Waals surface area contributed by atoms with E-state index in [1.165, 1.54) is 39.4 Å². The van der Waals surface area contributed by atoms with Gasteiger partial charge in [0.05, 0.1) is 24.7 Å². The minimum Gasteiger partial charge on any atom is -0.483 e. The Labute approximate surface area is 232 Å². The molecule has 0 amide bonds. The maximum atomic E-state index is 12.4. The quantitative estimate of drug-likeness (QED) is 0.209. The van der Waals surface area contributed by atoms with E-state index in [2.05, 4.69) is 0 Å². The first-order valence-electron chi connectivity index (χ1n) is 12.8. The predicted molar refractivity (Wildman–Crippen MR) is 141 cm³/mol. The van der Waals surface area contributed by atoms with Gasteiger partial charge in [0.2, 0.25) is 23.2 Å². The molecule has 5 rings (SSSR count). The second kappa shape index (κ2) is 11.3. The Balaban J connectivity index is 1.39. The van der Waals surface area contributed by atoms with Crippen LogP contribution >= 0.6 is 0 Å². The second-order valence-electron chi connectivity index (χ2n) is 10.2. The topological polar surface area (TPSA) is 191 Å². The van der Waals surface area contributed by atoms with Crippen LogP contribution in [0.3, 0.4) is 0 Å². The molecule has 41 heavy (non-hydrogen) atoms. The van der Waals surface area contributed by atoms with Gasteiger partial charge in [0.25, 0.3) is 0 Å². The first-order chi connectivity index (χ1) is 19.5. The molecule has 13 nitrogen and oxygen atoms in total. The average molecular weight is 575 g/mol. The van der Waals surface area contributed by atoms with Crippen molar-refractivity contribution in [3.8, 4) is 11.5 Å². The van der Waals surface area contributed by atoms with Gasteiger partial charge in [-0.1, -0.05) is 0 Å². The van der Waals surface area contributed by atoms with Crippen molar-refractivity contribution in [2.75, 3.05) is 13.2 Å². The lowest BCUT2D eigenvalue weighted by Crippen LogP contribution is -2.63. The number of aliphatic hydroxyl groups excluding tert-OH is 4. The summed E-state index contributed by atoms with van der Waals surface area (Å²) in [5, 5.41) is 43.4. The molecule has 1 aromatic carbocycles. The monoisotopic (exact) mass is 574 g/mol. The Morgan fingerprint density at radius 1 is 0.976 bits per heavy atom. The van der Waals surface area contributed by atoms with E-state index < -0.39 is 60.1 Å². The summed E-state index contributed by atoms with van der Waals surface area (Å²) in [7, 11) is 0. The fourth-order valence-corrected chi connectivity index (χ4v) is 4.56. The summed E-state index contributed by atoms with van der Waals surface area (Å²) in [6, 6.07) is 7.45. The number of hydrogen-bond acceptors (Lipinski definition) is 13. The third-order valence-electron chi connectivity index (χ3n) is 6.98. The zero-order valence-corrected chi connectivity index (χ0v) is 22.4. The van der Waals surface area contributed by atoms with E-state index in [4.69, 9.17) is 32.2 Å². The molecule has 1 aliphatic rings. The van der Waals surface area contributed by atoms with Crippen LogP contribution in [-0.4, -0.2) is 76.1 Å². The summed E-state index contributed by atoms with van der Waals surface area (Å²) in [5.41, 5.74) is -2.18. The van der Waals surface area contributed by atoms with Crippen molar-refractivity contribution in [2.45, 2.75) is 63.2 Å². The Morgan fingerprint density at radius 2 is 1.71 bits per heavy atom. The smallest absolute Gasteiger partial charge is 0.336 e. The molecule has 0 bridgehead atoms. The van der Waals surface area contributed by atoms with E-state index in [0.29, 0.717) is 16.4 Å². The van der Waals surface area contributed by atoms with Gasteiger partial charge in [-0.25, -0.2) is 4.79 Å². The highest BCUT2D eigenvalue weighted by atomic mass is 16.7. The normalized spacial score (nSPS) is 24.0. The summed E-state index contributed by atoms with van der Waals surface area (Å²) < 4.78 is 39.4. The zero-order valence-electron chi connectivity index (χ0n) is 22.4. The first kappa shape index (κ1) is 28.8. The van der Waals surface area contributed by atoms with E-state index in [9.17, 15) is 30.0 Å². The lowest BCUT2D eigenvalue weighted by molar-refractivity contribution is -0.312. The highest BCUT2D eigenvalue weighted by Crippen LogP contribution is 2.36. The van der Waals surface area contributed by atoms with Crippen LogP contribution in [0.1, 0.15) is 19.6 Å². The highest BCUT2D eigenvalue weighted by molar-refractivity contribution is 5.99. The summed E-state index contributed by atoms with van der Waals surface area (Å²) in [6.45, 7) is 3.46. The summed E-state index contributed by atoms with van der Waals surface area (Å²) in [4.78, 5) is 24.3. The number of fused-ring (bicyclic) bond motifs is 2. The molecule has 0 saturated carbocycles. The lowest BCUT2D eigenvalue weighted by Gasteiger charge is -2.45. The molecule has 0 radical (unpaired) electrons. The van der Waals surface area contributed by atoms with Gasteiger partial charge in [-0.3, -0.25) is 4.79 Å². The fraction of sp³-hybridized carbons (Fsp3) is 0.429. The Kier molecular flexibility index (Phi) is 7.92. The summed E-state index contributed by atoms with van der Waals surface area (Å²) in [5.74, 6) is 0.0115. The van der Waals surface area contributed by atoms with Crippen molar-refractivity contribution in [3.05, 3.63) is 69.3 Å². The minimum atomic E-state index is -1.65. The molecule has 0 aliphatic carbocycles. The molecular formula is C28H30O13. The molecule has 4 heterocycles. The van der Waals surface area contributed by atoms with Gasteiger partial charge >= 0.3 is 5.63 Å². The number of hydrogen-bond donors (Lipinski definition) is 4. The molecule has 6 atom stereocenters. The molecule has 3 aromatic heterocycles. The average Bonchev–Trinajstić information content (AvgIpc) is 3.40. The van der Waals surface area contributed by atoms with Crippen LogP contribution in [0.4, 0.5) is 0 Å². The molecule has 0 spiro atoms. The van der Waals surface area contributed by atoms with Gasteiger partial charge in [-0.2, -0.15) is 0 Å². The minimum absolute atomic E-state index is 0.102. The highest BCUT2D eigenvalue weighted by Gasteiger charge is 2.49. The van der Waals surface area contributed by atoms with Crippen LogP contribution in [0, 0.1) is 6.92 Å².